The highest BCUT2D eigenvalue weighted by atomic mass is 19.1. The van der Waals surface area contributed by atoms with Crippen LogP contribution in [-0.4, -0.2) is 17.9 Å². The molecule has 78 valence electrons. The van der Waals surface area contributed by atoms with Crippen LogP contribution in [0.5, 0.6) is 0 Å². The Morgan fingerprint density at radius 1 is 1.53 bits per heavy atom. The molecule has 0 spiro atoms. The van der Waals surface area contributed by atoms with Crippen LogP contribution in [0.15, 0.2) is 24.3 Å². The number of rotatable bonds is 3. The van der Waals surface area contributed by atoms with E-state index >= 15 is 0 Å². The number of halogens is 1. The lowest BCUT2D eigenvalue weighted by Gasteiger charge is -2.15. The van der Waals surface area contributed by atoms with E-state index in [1.54, 1.807) is 31.3 Å². The van der Waals surface area contributed by atoms with Gasteiger partial charge < -0.3 is 4.90 Å². The van der Waals surface area contributed by atoms with Crippen molar-refractivity contribution in [3.8, 4) is 6.07 Å². The first-order chi connectivity index (χ1) is 7.15. The molecule has 1 aromatic carbocycles. The first kappa shape index (κ1) is 11.2. The van der Waals surface area contributed by atoms with E-state index in [-0.39, 0.29) is 24.7 Å². The van der Waals surface area contributed by atoms with Crippen molar-refractivity contribution in [2.45, 2.75) is 13.0 Å². The molecule has 1 aromatic rings. The monoisotopic (exact) mass is 206 g/mol. The molecule has 0 atom stereocenters. The van der Waals surface area contributed by atoms with Gasteiger partial charge >= 0.3 is 0 Å². The summed E-state index contributed by atoms with van der Waals surface area (Å²) in [4.78, 5) is 12.6. The maximum Gasteiger partial charge on any atom is 0.236 e. The Morgan fingerprint density at radius 2 is 2.20 bits per heavy atom. The molecule has 0 fully saturated rings. The Hall–Kier alpha value is -1.89. The highest BCUT2D eigenvalue weighted by Gasteiger charge is 2.10. The molecule has 0 radical (unpaired) electrons. The highest BCUT2D eigenvalue weighted by molar-refractivity contribution is 5.77. The van der Waals surface area contributed by atoms with E-state index in [1.165, 1.54) is 11.0 Å². The zero-order valence-electron chi connectivity index (χ0n) is 8.40. The van der Waals surface area contributed by atoms with Gasteiger partial charge in [0.05, 0.1) is 6.07 Å². The van der Waals surface area contributed by atoms with E-state index in [0.717, 1.165) is 0 Å². The van der Waals surface area contributed by atoms with Crippen LogP contribution in [0.25, 0.3) is 0 Å². The fourth-order valence-corrected chi connectivity index (χ4v) is 1.17. The lowest BCUT2D eigenvalue weighted by atomic mass is 10.2. The van der Waals surface area contributed by atoms with Crippen LogP contribution in [-0.2, 0) is 11.3 Å². The normalized spacial score (nSPS) is 9.40. The molecule has 0 aromatic heterocycles. The molecule has 0 saturated carbocycles. The molecule has 4 heteroatoms. The molecular formula is C11H11FN2O. The molecule has 0 bridgehead atoms. The third kappa shape index (κ3) is 3.06. The molecule has 0 N–H and O–H groups in total. The molecule has 3 nitrogen and oxygen atoms in total. The third-order valence-electron chi connectivity index (χ3n) is 2.02. The Morgan fingerprint density at radius 3 is 2.80 bits per heavy atom. The SMILES string of the molecule is CN(Cc1ccccc1F)C(=O)CC#N. The van der Waals surface area contributed by atoms with Gasteiger partial charge in [-0.25, -0.2) is 4.39 Å². The summed E-state index contributed by atoms with van der Waals surface area (Å²) >= 11 is 0. The van der Waals surface area contributed by atoms with Gasteiger partial charge in [0.2, 0.25) is 5.91 Å². The van der Waals surface area contributed by atoms with Crippen LogP contribution in [0.4, 0.5) is 4.39 Å². The van der Waals surface area contributed by atoms with E-state index in [9.17, 15) is 9.18 Å². The minimum atomic E-state index is -0.339. The molecule has 0 heterocycles. The van der Waals surface area contributed by atoms with Crippen LogP contribution in [0, 0.1) is 17.1 Å². The lowest BCUT2D eigenvalue weighted by molar-refractivity contribution is -0.129. The third-order valence-corrected chi connectivity index (χ3v) is 2.02. The van der Waals surface area contributed by atoms with Gasteiger partial charge in [0.25, 0.3) is 0 Å². The number of carbonyl (C=O) groups excluding carboxylic acids is 1. The van der Waals surface area contributed by atoms with Crippen molar-refractivity contribution in [3.05, 3.63) is 35.6 Å². The molecule has 0 aliphatic carbocycles. The molecule has 1 rings (SSSR count). The number of hydrogen-bond donors (Lipinski definition) is 0. The van der Waals surface area contributed by atoms with Gasteiger partial charge in [0, 0.05) is 19.2 Å². The van der Waals surface area contributed by atoms with Gasteiger partial charge in [0.15, 0.2) is 0 Å². The molecule has 1 amide bonds. The fourth-order valence-electron chi connectivity index (χ4n) is 1.17. The van der Waals surface area contributed by atoms with Crippen LogP contribution in [0.1, 0.15) is 12.0 Å². The van der Waals surface area contributed by atoms with Crippen molar-refractivity contribution in [2.24, 2.45) is 0 Å². The number of benzene rings is 1. The number of carbonyl (C=O) groups is 1. The summed E-state index contributed by atoms with van der Waals surface area (Å²) < 4.78 is 13.2. The van der Waals surface area contributed by atoms with Crippen molar-refractivity contribution in [2.75, 3.05) is 7.05 Å². The summed E-state index contributed by atoms with van der Waals surface area (Å²) in [5.41, 5.74) is 0.450. The van der Waals surface area contributed by atoms with E-state index < -0.39 is 0 Å². The van der Waals surface area contributed by atoms with Crippen molar-refractivity contribution in [1.29, 1.82) is 5.26 Å². The molecule has 0 aliphatic heterocycles. The number of nitriles is 1. The first-order valence-electron chi connectivity index (χ1n) is 4.49. The van der Waals surface area contributed by atoms with Gasteiger partial charge in [0.1, 0.15) is 12.2 Å². The Bertz CT molecular complexity index is 398. The summed E-state index contributed by atoms with van der Waals surface area (Å²) in [5.74, 6) is -0.644. The van der Waals surface area contributed by atoms with Gasteiger partial charge in [-0.05, 0) is 6.07 Å². The maximum absolute atomic E-state index is 13.2. The number of amides is 1. The van der Waals surface area contributed by atoms with E-state index in [4.69, 9.17) is 5.26 Å². The van der Waals surface area contributed by atoms with Crippen molar-refractivity contribution in [1.82, 2.24) is 4.90 Å². The van der Waals surface area contributed by atoms with Gasteiger partial charge in [-0.2, -0.15) is 5.26 Å². The second kappa shape index (κ2) is 5.11. The van der Waals surface area contributed by atoms with Crippen molar-refractivity contribution < 1.29 is 9.18 Å². The zero-order valence-corrected chi connectivity index (χ0v) is 8.40. The van der Waals surface area contributed by atoms with E-state index in [2.05, 4.69) is 0 Å². The van der Waals surface area contributed by atoms with Crippen molar-refractivity contribution >= 4 is 5.91 Å². The largest absolute Gasteiger partial charge is 0.340 e. The second-order valence-corrected chi connectivity index (χ2v) is 3.18. The quantitative estimate of drug-likeness (QED) is 0.755. The summed E-state index contributed by atoms with van der Waals surface area (Å²) in [5, 5.41) is 8.33. The number of hydrogen-bond acceptors (Lipinski definition) is 2. The zero-order chi connectivity index (χ0) is 11.3. The Balaban J connectivity index is 2.67. The van der Waals surface area contributed by atoms with E-state index in [0.29, 0.717) is 5.56 Å². The summed E-state index contributed by atoms with van der Waals surface area (Å²) in [6.45, 7) is 0.188. The average Bonchev–Trinajstić information content (AvgIpc) is 2.21. The average molecular weight is 206 g/mol. The standard InChI is InChI=1S/C11H11FN2O/c1-14(11(15)6-7-13)8-9-4-2-3-5-10(9)12/h2-5H,6,8H2,1H3. The van der Waals surface area contributed by atoms with Gasteiger partial charge in [-0.1, -0.05) is 18.2 Å². The molecule has 0 unspecified atom stereocenters. The van der Waals surface area contributed by atoms with Gasteiger partial charge in [-0.3, -0.25) is 4.79 Å². The minimum absolute atomic E-state index is 0.176. The van der Waals surface area contributed by atoms with Crippen LogP contribution < -0.4 is 0 Å². The summed E-state index contributed by atoms with van der Waals surface area (Å²) in [6, 6.07) is 8.03. The second-order valence-electron chi connectivity index (χ2n) is 3.18. The highest BCUT2D eigenvalue weighted by Crippen LogP contribution is 2.09. The minimum Gasteiger partial charge on any atom is -0.340 e. The van der Waals surface area contributed by atoms with Crippen LogP contribution in [0.3, 0.4) is 0 Å². The number of nitrogens with zero attached hydrogens (tertiary/aromatic N) is 2. The lowest BCUT2D eigenvalue weighted by Crippen LogP contribution is -2.25. The topological polar surface area (TPSA) is 44.1 Å². The Kier molecular flexibility index (Phi) is 3.81. The molecule has 0 aliphatic rings. The fraction of sp³-hybridized carbons (Fsp3) is 0.273. The smallest absolute Gasteiger partial charge is 0.236 e. The predicted molar refractivity (Wildman–Crippen MR) is 53.1 cm³/mol. The molecule has 0 saturated heterocycles. The van der Waals surface area contributed by atoms with Crippen LogP contribution in [0.2, 0.25) is 0 Å². The molecular weight excluding hydrogens is 195 g/mol. The van der Waals surface area contributed by atoms with Gasteiger partial charge in [-0.15, -0.1) is 0 Å². The van der Waals surface area contributed by atoms with Crippen molar-refractivity contribution in [3.63, 3.8) is 0 Å². The summed E-state index contributed by atoms with van der Waals surface area (Å²) in [6.07, 6.45) is -0.176. The predicted octanol–water partition coefficient (Wildman–Crippen LogP) is 1.70. The first-order valence-corrected chi connectivity index (χ1v) is 4.49. The molecule has 15 heavy (non-hydrogen) atoms. The Labute approximate surface area is 87.7 Å². The maximum atomic E-state index is 13.2. The van der Waals surface area contributed by atoms with Crippen LogP contribution >= 0.6 is 0 Å². The van der Waals surface area contributed by atoms with E-state index in [1.807, 2.05) is 0 Å². The summed E-state index contributed by atoms with van der Waals surface area (Å²) in [7, 11) is 1.55.